The molecule has 1 unspecified atom stereocenters. The lowest BCUT2D eigenvalue weighted by atomic mass is 10.1. The highest BCUT2D eigenvalue weighted by Crippen LogP contribution is 2.37. The Morgan fingerprint density at radius 3 is 2.05 bits per heavy atom. The van der Waals surface area contributed by atoms with Crippen molar-refractivity contribution in [1.82, 2.24) is 0 Å². The topological polar surface area (TPSA) is 76.7 Å². The van der Waals surface area contributed by atoms with Crippen LogP contribution in [0, 0.1) is 5.82 Å². The molecule has 0 aromatic heterocycles. The molecule has 38 heavy (non-hydrogen) atoms. The second-order valence-corrected chi connectivity index (χ2v) is 9.63. The van der Waals surface area contributed by atoms with Crippen molar-refractivity contribution in [2.75, 3.05) is 24.9 Å². The minimum atomic E-state index is -0.599. The highest BCUT2D eigenvalue weighted by atomic mass is 35.5. The lowest BCUT2D eigenvalue weighted by Gasteiger charge is -2.18. The van der Waals surface area contributed by atoms with Gasteiger partial charge < -0.3 is 20.1 Å². The van der Waals surface area contributed by atoms with E-state index in [1.165, 1.54) is 44.2 Å². The molecule has 0 spiro atoms. The Labute approximate surface area is 229 Å². The Morgan fingerprint density at radius 1 is 0.816 bits per heavy atom. The number of methoxy groups -OCH3 is 2. The summed E-state index contributed by atoms with van der Waals surface area (Å²) in [7, 11) is 2.98. The number of amides is 2. The third-order valence-electron chi connectivity index (χ3n) is 5.55. The first-order valence-electron chi connectivity index (χ1n) is 11.5. The fourth-order valence-electron chi connectivity index (χ4n) is 3.70. The monoisotopic (exact) mass is 550 g/mol. The van der Waals surface area contributed by atoms with E-state index >= 15 is 0 Å². The molecule has 0 fully saturated rings. The number of thioether (sulfide) groups is 1. The summed E-state index contributed by atoms with van der Waals surface area (Å²) in [6.07, 6.45) is 0. The maximum absolute atomic E-state index is 13.5. The van der Waals surface area contributed by atoms with Crippen LogP contribution in [0.4, 0.5) is 15.8 Å². The molecule has 0 radical (unpaired) electrons. The van der Waals surface area contributed by atoms with Crippen molar-refractivity contribution < 1.29 is 23.5 Å². The van der Waals surface area contributed by atoms with E-state index in [4.69, 9.17) is 21.1 Å². The van der Waals surface area contributed by atoms with Gasteiger partial charge in [0, 0.05) is 16.3 Å². The van der Waals surface area contributed by atoms with Crippen molar-refractivity contribution in [1.29, 1.82) is 0 Å². The number of hydrogen-bond acceptors (Lipinski definition) is 5. The number of hydrogen-bond donors (Lipinski definition) is 2. The molecule has 1 atom stereocenters. The Balaban J connectivity index is 1.51. The highest BCUT2D eigenvalue weighted by molar-refractivity contribution is 8.00. The molecular formula is C29H24ClFN2O4S. The lowest BCUT2D eigenvalue weighted by Crippen LogP contribution is -2.19. The van der Waals surface area contributed by atoms with Gasteiger partial charge in [-0.3, -0.25) is 9.59 Å². The van der Waals surface area contributed by atoms with E-state index < -0.39 is 11.1 Å². The van der Waals surface area contributed by atoms with Crippen LogP contribution in [0.25, 0.3) is 0 Å². The molecule has 0 heterocycles. The van der Waals surface area contributed by atoms with Gasteiger partial charge in [-0.25, -0.2) is 4.39 Å². The first kappa shape index (κ1) is 27.0. The Hall–Kier alpha value is -4.01. The van der Waals surface area contributed by atoms with Gasteiger partial charge in [0.1, 0.15) is 28.1 Å². The van der Waals surface area contributed by atoms with Crippen LogP contribution in [0.5, 0.6) is 11.5 Å². The standard InChI is InChI=1S/C29H24ClFN2O4S/c1-36-24-9-6-10-25(37-2)26(24)28(34)32-19-11-14-21(15-12-19)38-27(18-7-4-3-5-8-18)29(35)33-20-13-16-23(31)22(30)17-20/h3-17,27H,1-2H3,(H,32,34)(H,33,35). The summed E-state index contributed by atoms with van der Waals surface area (Å²) in [4.78, 5) is 27.0. The third-order valence-corrected chi connectivity index (χ3v) is 7.10. The summed E-state index contributed by atoms with van der Waals surface area (Å²) in [5, 5.41) is 5.00. The second kappa shape index (κ2) is 12.5. The number of carbonyl (C=O) groups is 2. The summed E-state index contributed by atoms with van der Waals surface area (Å²) in [6.45, 7) is 0. The van der Waals surface area contributed by atoms with Crippen LogP contribution in [0.1, 0.15) is 21.2 Å². The summed E-state index contributed by atoms with van der Waals surface area (Å²) >= 11 is 7.21. The number of benzene rings is 4. The minimum absolute atomic E-state index is 0.0740. The quantitative estimate of drug-likeness (QED) is 0.215. The Bertz CT molecular complexity index is 1410. The van der Waals surface area contributed by atoms with Gasteiger partial charge in [-0.05, 0) is 60.2 Å². The maximum Gasteiger partial charge on any atom is 0.263 e. The molecule has 2 N–H and O–H groups in total. The molecule has 0 saturated carbocycles. The average Bonchev–Trinajstić information content (AvgIpc) is 2.94. The van der Waals surface area contributed by atoms with E-state index in [9.17, 15) is 14.0 Å². The molecule has 9 heteroatoms. The van der Waals surface area contributed by atoms with Crippen LogP contribution < -0.4 is 20.1 Å². The summed E-state index contributed by atoms with van der Waals surface area (Å²) in [5.74, 6) is -0.430. The van der Waals surface area contributed by atoms with Crippen molar-refractivity contribution in [3.05, 3.63) is 113 Å². The first-order chi connectivity index (χ1) is 18.4. The van der Waals surface area contributed by atoms with Gasteiger partial charge in [0.15, 0.2) is 0 Å². The first-order valence-corrected chi connectivity index (χ1v) is 12.7. The van der Waals surface area contributed by atoms with Crippen LogP contribution in [0.2, 0.25) is 5.02 Å². The summed E-state index contributed by atoms with van der Waals surface area (Å²) in [5.41, 5.74) is 2.04. The van der Waals surface area contributed by atoms with Crippen LogP contribution in [0.15, 0.2) is 95.9 Å². The largest absolute Gasteiger partial charge is 0.496 e. The Morgan fingerprint density at radius 2 is 1.45 bits per heavy atom. The van der Waals surface area contributed by atoms with E-state index in [-0.39, 0.29) is 22.4 Å². The van der Waals surface area contributed by atoms with Gasteiger partial charge in [-0.2, -0.15) is 0 Å². The highest BCUT2D eigenvalue weighted by Gasteiger charge is 2.23. The molecule has 0 aliphatic heterocycles. The number of carbonyl (C=O) groups excluding carboxylic acids is 2. The molecule has 4 rings (SSSR count). The van der Waals surface area contributed by atoms with Crippen LogP contribution in [-0.2, 0) is 4.79 Å². The smallest absolute Gasteiger partial charge is 0.263 e. The van der Waals surface area contributed by atoms with Crippen molar-refractivity contribution in [3.8, 4) is 11.5 Å². The SMILES string of the molecule is COc1cccc(OC)c1C(=O)Nc1ccc(SC(C(=O)Nc2ccc(F)c(Cl)c2)c2ccccc2)cc1. The predicted octanol–water partition coefficient (Wildman–Crippen LogP) is 7.22. The average molecular weight is 551 g/mol. The number of anilines is 2. The number of halogens is 2. The number of ether oxygens (including phenoxy) is 2. The molecular weight excluding hydrogens is 527 g/mol. The molecule has 0 aliphatic carbocycles. The van der Waals surface area contributed by atoms with Crippen molar-refractivity contribution in [2.45, 2.75) is 10.1 Å². The minimum Gasteiger partial charge on any atom is -0.496 e. The number of rotatable bonds is 9. The third kappa shape index (κ3) is 6.45. The molecule has 4 aromatic carbocycles. The predicted molar refractivity (Wildman–Crippen MR) is 149 cm³/mol. The fraction of sp³-hybridized carbons (Fsp3) is 0.103. The molecule has 2 amide bonds. The zero-order chi connectivity index (χ0) is 27.1. The molecule has 0 saturated heterocycles. The van der Waals surface area contributed by atoms with E-state index in [0.717, 1.165) is 10.5 Å². The zero-order valence-electron chi connectivity index (χ0n) is 20.5. The van der Waals surface area contributed by atoms with Gasteiger partial charge in [0.25, 0.3) is 5.91 Å². The van der Waals surface area contributed by atoms with Crippen LogP contribution >= 0.6 is 23.4 Å². The van der Waals surface area contributed by atoms with Crippen molar-refractivity contribution in [3.63, 3.8) is 0 Å². The lowest BCUT2D eigenvalue weighted by molar-refractivity contribution is -0.115. The van der Waals surface area contributed by atoms with E-state index in [1.807, 2.05) is 42.5 Å². The summed E-state index contributed by atoms with van der Waals surface area (Å²) < 4.78 is 24.2. The Kier molecular flexibility index (Phi) is 8.89. The van der Waals surface area contributed by atoms with Gasteiger partial charge in [-0.15, -0.1) is 11.8 Å². The van der Waals surface area contributed by atoms with Crippen molar-refractivity contribution in [2.24, 2.45) is 0 Å². The van der Waals surface area contributed by atoms with Crippen LogP contribution in [-0.4, -0.2) is 26.0 Å². The van der Waals surface area contributed by atoms with Gasteiger partial charge in [0.05, 0.1) is 19.2 Å². The van der Waals surface area contributed by atoms with Crippen LogP contribution in [0.3, 0.4) is 0 Å². The normalized spacial score (nSPS) is 11.4. The molecule has 6 nitrogen and oxygen atoms in total. The molecule has 0 aliphatic rings. The van der Waals surface area contributed by atoms with E-state index in [1.54, 1.807) is 30.3 Å². The molecule has 0 bridgehead atoms. The van der Waals surface area contributed by atoms with Gasteiger partial charge >= 0.3 is 0 Å². The fourth-order valence-corrected chi connectivity index (χ4v) is 4.91. The second-order valence-electron chi connectivity index (χ2n) is 8.04. The summed E-state index contributed by atoms with van der Waals surface area (Å²) in [6, 6.07) is 25.6. The number of nitrogens with one attached hydrogen (secondary N) is 2. The van der Waals surface area contributed by atoms with E-state index in [2.05, 4.69) is 10.6 Å². The van der Waals surface area contributed by atoms with Crippen molar-refractivity contribution >= 4 is 46.6 Å². The van der Waals surface area contributed by atoms with E-state index in [0.29, 0.717) is 22.9 Å². The molecule has 194 valence electrons. The van der Waals surface area contributed by atoms with Gasteiger partial charge in [0.2, 0.25) is 5.91 Å². The zero-order valence-corrected chi connectivity index (χ0v) is 22.1. The molecule has 4 aromatic rings. The van der Waals surface area contributed by atoms with Gasteiger partial charge in [-0.1, -0.05) is 48.0 Å². The maximum atomic E-state index is 13.5.